The van der Waals surface area contributed by atoms with Crippen molar-refractivity contribution in [2.45, 2.75) is 0 Å². The first-order valence-electron chi connectivity index (χ1n) is 0. The minimum atomic E-state index is 0. The molecule has 0 spiro atoms. The van der Waals surface area contributed by atoms with Crippen LogP contribution in [0.1, 0.15) is 0 Å². The molecule has 0 aromatic heterocycles. The molecule has 0 saturated carbocycles. The van der Waals surface area contributed by atoms with Crippen LogP contribution in [0.3, 0.4) is 0 Å². The second-order valence-electron chi connectivity index (χ2n) is 0. The van der Waals surface area contributed by atoms with Crippen molar-refractivity contribution in [2.75, 3.05) is 0 Å². The van der Waals surface area contributed by atoms with E-state index in [1.165, 1.54) is 0 Å². The monoisotopic (exact) mass is 4090 g/mol. The molecule has 0 aromatic rings. The van der Waals surface area contributed by atoms with Crippen LogP contribution in [0.25, 0.3) is 0 Å². The molecule has 21 heavy (non-hydrogen) atoms. The predicted octanol–water partition coefficient (Wildman–Crippen LogP) is -0.0525. The van der Waals surface area contributed by atoms with Gasteiger partial charge in [0.2, 0.25) is 0 Å². The minimum absolute atomic E-state index is 0. The fourth-order valence-corrected chi connectivity index (χ4v) is 0. The normalized spacial score (nSPS) is 0. The Bertz CT molecular complexity index is 0. The summed E-state index contributed by atoms with van der Waals surface area (Å²) >= 11 is 0. The van der Waals surface area contributed by atoms with E-state index in [-0.39, 0.29) is 442 Å². The molecule has 0 unspecified atom stereocenters. The van der Waals surface area contributed by atoms with Gasteiger partial charge in [-0.15, -0.1) is 0 Å². The topological polar surface area (TPSA) is 0 Å². The van der Waals surface area contributed by atoms with E-state index >= 15 is 0 Å². The molecular weight excluding hydrogens is 4100 g/mol. The Hall–Kier alpha value is 14.5. The van der Waals surface area contributed by atoms with Gasteiger partial charge in [-0.3, -0.25) is 0 Å². The Morgan fingerprint density at radius 3 is 0.0476 bits per heavy atom. The summed E-state index contributed by atoms with van der Waals surface area (Å²) in [5, 5.41) is 0. The summed E-state index contributed by atoms with van der Waals surface area (Å²) in [6.45, 7) is 0. The first kappa shape index (κ1) is 201. The molecule has 0 aliphatic rings. The second kappa shape index (κ2) is 185. The van der Waals surface area contributed by atoms with Gasteiger partial charge in [0.05, 0.1) is 0 Å². The van der Waals surface area contributed by atoms with E-state index in [1.54, 1.807) is 0 Å². The number of hydrogen-bond donors (Lipinski definition) is 0. The maximum absolute atomic E-state index is 0. The van der Waals surface area contributed by atoms with Crippen LogP contribution < -0.4 is 0 Å². The molecule has 0 N–H and O–H groups in total. The molecule has 0 radical (unpaired) electrons. The van der Waals surface area contributed by atoms with Gasteiger partial charge in [0.15, 0.2) is 0 Å². The van der Waals surface area contributed by atoms with E-state index in [9.17, 15) is 0 Å². The zero-order valence-electron chi connectivity index (χ0n) is 6.64. The van der Waals surface area contributed by atoms with E-state index in [4.69, 9.17) is 0 Å². The molecule has 0 bridgehead atoms. The summed E-state index contributed by atoms with van der Waals surface area (Å²) in [5.41, 5.74) is 0. The van der Waals surface area contributed by atoms with Crippen LogP contribution >= 0.6 is 0 Å². The zero-order valence-corrected chi connectivity index (χ0v) is 54.4. The molecule has 21 heteroatoms. The van der Waals surface area contributed by atoms with Gasteiger partial charge in [0.25, 0.3) is 0 Å². The zero-order chi connectivity index (χ0) is 0. The molecular formula is Pt21. The summed E-state index contributed by atoms with van der Waals surface area (Å²) in [6, 6.07) is 0. The molecule has 0 fully saturated rings. The van der Waals surface area contributed by atoms with Gasteiger partial charge in [0, 0.05) is 442 Å². The van der Waals surface area contributed by atoms with E-state index < -0.39 is 0 Å². The predicted molar refractivity (Wildman–Crippen MR) is 0 cm³/mol. The molecule has 0 rings (SSSR count). The average molecular weight is 4100 g/mol. The third kappa shape index (κ3) is 174. The van der Waals surface area contributed by atoms with Gasteiger partial charge in [-0.25, -0.2) is 0 Å². The van der Waals surface area contributed by atoms with Crippen molar-refractivity contribution in [1.29, 1.82) is 0 Å². The molecule has 0 saturated heterocycles. The van der Waals surface area contributed by atoms with Gasteiger partial charge in [-0.2, -0.15) is 0 Å². The van der Waals surface area contributed by atoms with Crippen molar-refractivity contribution in [1.82, 2.24) is 0 Å². The maximum atomic E-state index is 0. The Labute approximate surface area is 430 Å². The van der Waals surface area contributed by atoms with E-state index in [2.05, 4.69) is 0 Å². The van der Waals surface area contributed by atoms with Gasteiger partial charge in [-0.1, -0.05) is 0 Å². The number of rotatable bonds is 0. The molecule has 0 aromatic carbocycles. The summed E-state index contributed by atoms with van der Waals surface area (Å²) in [7, 11) is 0. The summed E-state index contributed by atoms with van der Waals surface area (Å²) in [5.74, 6) is 0. The molecule has 210 valence electrons. The standard InChI is InChI=1S/21Pt. The first-order chi connectivity index (χ1) is 0. The fourth-order valence-electron chi connectivity index (χ4n) is 0. The smallest absolute Gasteiger partial charge is 0 e. The van der Waals surface area contributed by atoms with Crippen molar-refractivity contribution in [3.63, 3.8) is 0 Å². The molecule has 0 nitrogen and oxygen atoms in total. The van der Waals surface area contributed by atoms with E-state index in [0.29, 0.717) is 0 Å². The van der Waals surface area contributed by atoms with Crippen LogP contribution in [-0.2, 0) is 442 Å². The Balaban J connectivity index is 0. The van der Waals surface area contributed by atoms with Crippen LogP contribution in [-0.4, -0.2) is 0 Å². The third-order valence-corrected chi connectivity index (χ3v) is 0. The van der Waals surface area contributed by atoms with Crippen LogP contribution in [0, 0.1) is 0 Å². The summed E-state index contributed by atoms with van der Waals surface area (Å²) in [6.07, 6.45) is 0. The van der Waals surface area contributed by atoms with Crippen molar-refractivity contribution in [3.05, 3.63) is 0 Å². The third-order valence-electron chi connectivity index (χ3n) is 0. The average Bonchev–Trinajstić information content (AvgIpc) is 0. The Morgan fingerprint density at radius 1 is 0.0476 bits per heavy atom. The molecule has 0 aliphatic heterocycles. The molecule has 0 heterocycles. The van der Waals surface area contributed by atoms with E-state index in [0.717, 1.165) is 0 Å². The van der Waals surface area contributed by atoms with Crippen LogP contribution in [0.5, 0.6) is 0 Å². The maximum Gasteiger partial charge on any atom is 0 e. The van der Waals surface area contributed by atoms with Crippen molar-refractivity contribution in [3.8, 4) is 0 Å². The van der Waals surface area contributed by atoms with Crippen molar-refractivity contribution < 1.29 is 442 Å². The van der Waals surface area contributed by atoms with Gasteiger partial charge >= 0.3 is 0 Å². The van der Waals surface area contributed by atoms with Gasteiger partial charge < -0.3 is 0 Å². The number of hydrogen-bond acceptors (Lipinski definition) is 0. The summed E-state index contributed by atoms with van der Waals surface area (Å²) in [4.78, 5) is 0. The molecule has 0 aliphatic carbocycles. The quantitative estimate of drug-likeness (QED) is 0.320. The van der Waals surface area contributed by atoms with Crippen LogP contribution in [0.15, 0.2) is 0 Å². The molecule has 0 atom stereocenters. The van der Waals surface area contributed by atoms with Crippen molar-refractivity contribution in [2.24, 2.45) is 0 Å². The molecule has 0 amide bonds. The largest absolute Gasteiger partial charge is 0 e. The van der Waals surface area contributed by atoms with Crippen LogP contribution in [0.4, 0.5) is 0 Å². The Kier molecular flexibility index (Phi) is 1770. The SMILES string of the molecule is [Pt].[Pt].[Pt].[Pt].[Pt].[Pt].[Pt].[Pt].[Pt].[Pt].[Pt].[Pt].[Pt].[Pt].[Pt].[Pt].[Pt].[Pt].[Pt].[Pt].[Pt]. The summed E-state index contributed by atoms with van der Waals surface area (Å²) < 4.78 is 0. The van der Waals surface area contributed by atoms with Gasteiger partial charge in [-0.05, 0) is 0 Å². The first-order valence-corrected chi connectivity index (χ1v) is 0. The minimum Gasteiger partial charge on any atom is 0 e. The van der Waals surface area contributed by atoms with Gasteiger partial charge in [0.1, 0.15) is 0 Å². The fraction of sp³-hybridized carbons (Fsp3) is 0. The van der Waals surface area contributed by atoms with Crippen molar-refractivity contribution >= 4 is 0 Å². The van der Waals surface area contributed by atoms with Crippen LogP contribution in [0.2, 0.25) is 0 Å². The second-order valence-corrected chi connectivity index (χ2v) is 0. The van der Waals surface area contributed by atoms with E-state index in [1.807, 2.05) is 0 Å². The Morgan fingerprint density at radius 2 is 0.0476 bits per heavy atom.